The lowest BCUT2D eigenvalue weighted by Crippen LogP contribution is -2.52. The first kappa shape index (κ1) is 20.3. The minimum atomic E-state index is -3.64. The van der Waals surface area contributed by atoms with E-state index < -0.39 is 10.0 Å². The van der Waals surface area contributed by atoms with Crippen molar-refractivity contribution in [2.75, 3.05) is 45.8 Å². The van der Waals surface area contributed by atoms with Crippen LogP contribution in [0.4, 0.5) is 0 Å². The second-order valence-electron chi connectivity index (χ2n) is 7.48. The number of nitrogens with zero attached hydrogens (tertiary/aromatic N) is 4. The van der Waals surface area contributed by atoms with Crippen LogP contribution in [0.15, 0.2) is 9.42 Å². The summed E-state index contributed by atoms with van der Waals surface area (Å²) in [6.45, 7) is 7.10. The molecule has 0 bridgehead atoms. The highest BCUT2D eigenvalue weighted by molar-refractivity contribution is 7.89. The van der Waals surface area contributed by atoms with E-state index in [0.717, 1.165) is 25.9 Å². The molecule has 2 fully saturated rings. The van der Waals surface area contributed by atoms with Gasteiger partial charge in [-0.3, -0.25) is 9.69 Å². The predicted molar refractivity (Wildman–Crippen MR) is 101 cm³/mol. The predicted octanol–water partition coefficient (Wildman–Crippen LogP) is 1.39. The molecule has 2 aliphatic rings. The van der Waals surface area contributed by atoms with Crippen molar-refractivity contribution >= 4 is 15.9 Å². The molecular formula is C18H30N4O4S. The Hall–Kier alpha value is -1.45. The van der Waals surface area contributed by atoms with Crippen LogP contribution in [-0.2, 0) is 14.8 Å². The molecule has 0 atom stereocenters. The van der Waals surface area contributed by atoms with Crippen molar-refractivity contribution in [2.24, 2.45) is 0 Å². The van der Waals surface area contributed by atoms with Crippen molar-refractivity contribution in [2.45, 2.75) is 50.8 Å². The Balaban J connectivity index is 1.56. The van der Waals surface area contributed by atoms with E-state index in [1.54, 1.807) is 18.7 Å². The normalized spacial score (nSPS) is 21.0. The molecule has 3 heterocycles. The number of hydrogen-bond donors (Lipinski definition) is 0. The van der Waals surface area contributed by atoms with Crippen LogP contribution < -0.4 is 0 Å². The Morgan fingerprint density at radius 3 is 2.11 bits per heavy atom. The number of aryl methyl sites for hydroxylation is 2. The van der Waals surface area contributed by atoms with Gasteiger partial charge in [0.1, 0.15) is 10.6 Å². The van der Waals surface area contributed by atoms with E-state index in [2.05, 4.69) is 10.1 Å². The fourth-order valence-electron chi connectivity index (χ4n) is 3.91. The van der Waals surface area contributed by atoms with Crippen LogP contribution in [0.2, 0.25) is 0 Å². The third-order valence-corrected chi connectivity index (χ3v) is 7.61. The highest BCUT2D eigenvalue weighted by atomic mass is 32.2. The van der Waals surface area contributed by atoms with Crippen LogP contribution >= 0.6 is 0 Å². The van der Waals surface area contributed by atoms with Gasteiger partial charge in [-0.25, -0.2) is 8.42 Å². The second kappa shape index (κ2) is 8.70. The van der Waals surface area contributed by atoms with Crippen LogP contribution in [-0.4, -0.2) is 79.4 Å². The molecule has 0 aliphatic carbocycles. The quantitative estimate of drug-likeness (QED) is 0.762. The number of carbonyl (C=O) groups is 1. The molecule has 0 aromatic carbocycles. The number of rotatable bonds is 4. The van der Waals surface area contributed by atoms with Crippen LogP contribution in [0.5, 0.6) is 0 Å². The minimum absolute atomic E-state index is 0.102. The zero-order valence-corrected chi connectivity index (χ0v) is 17.1. The first-order valence-electron chi connectivity index (χ1n) is 9.83. The zero-order chi connectivity index (χ0) is 19.4. The lowest BCUT2D eigenvalue weighted by atomic mass is 10.1. The Kier molecular flexibility index (Phi) is 6.54. The molecule has 0 N–H and O–H groups in total. The van der Waals surface area contributed by atoms with Gasteiger partial charge in [-0.15, -0.1) is 0 Å². The minimum Gasteiger partial charge on any atom is -0.360 e. The topological polar surface area (TPSA) is 87.0 Å². The average molecular weight is 399 g/mol. The van der Waals surface area contributed by atoms with Gasteiger partial charge in [0.2, 0.25) is 15.9 Å². The van der Waals surface area contributed by atoms with Crippen molar-refractivity contribution in [1.82, 2.24) is 19.3 Å². The number of likely N-dealkylation sites (tertiary alicyclic amines) is 1. The number of amides is 1. The fourth-order valence-corrected chi connectivity index (χ4v) is 5.63. The SMILES string of the molecule is Cc1noc(C)c1S(=O)(=O)N1CCN(C(=O)CN2CCCCCCC2)CC1. The molecule has 2 saturated heterocycles. The van der Waals surface area contributed by atoms with E-state index in [9.17, 15) is 13.2 Å². The molecule has 8 nitrogen and oxygen atoms in total. The summed E-state index contributed by atoms with van der Waals surface area (Å²) in [6.07, 6.45) is 6.07. The molecule has 1 aromatic rings. The van der Waals surface area contributed by atoms with Gasteiger partial charge in [0.05, 0.1) is 6.54 Å². The lowest BCUT2D eigenvalue weighted by molar-refractivity contribution is -0.133. The van der Waals surface area contributed by atoms with Crippen LogP contribution in [0.3, 0.4) is 0 Å². The zero-order valence-electron chi connectivity index (χ0n) is 16.3. The first-order valence-corrected chi connectivity index (χ1v) is 11.3. The van der Waals surface area contributed by atoms with Gasteiger partial charge in [-0.05, 0) is 39.8 Å². The molecule has 27 heavy (non-hydrogen) atoms. The molecule has 0 saturated carbocycles. The average Bonchev–Trinajstić information content (AvgIpc) is 2.96. The maximum atomic E-state index is 12.9. The van der Waals surface area contributed by atoms with Gasteiger partial charge in [0.25, 0.3) is 0 Å². The molecular weight excluding hydrogens is 368 g/mol. The molecule has 0 spiro atoms. The molecule has 1 aromatic heterocycles. The smallest absolute Gasteiger partial charge is 0.248 e. The standard InChI is InChI=1S/C18H30N4O4S/c1-15-18(16(2)26-19-15)27(24,25)22-12-10-21(11-13-22)17(23)14-20-8-6-4-3-5-7-9-20/h3-14H2,1-2H3. The van der Waals surface area contributed by atoms with Crippen molar-refractivity contribution in [1.29, 1.82) is 0 Å². The molecule has 0 radical (unpaired) electrons. The van der Waals surface area contributed by atoms with Gasteiger partial charge in [-0.1, -0.05) is 24.4 Å². The summed E-state index contributed by atoms with van der Waals surface area (Å²) in [4.78, 5) is 16.8. The number of piperazine rings is 1. The number of carbonyl (C=O) groups excluding carboxylic acids is 1. The molecule has 152 valence electrons. The first-order chi connectivity index (χ1) is 12.9. The van der Waals surface area contributed by atoms with E-state index >= 15 is 0 Å². The molecule has 0 unspecified atom stereocenters. The monoisotopic (exact) mass is 398 g/mol. The largest absolute Gasteiger partial charge is 0.360 e. The van der Waals surface area contributed by atoms with Gasteiger partial charge >= 0.3 is 0 Å². The highest BCUT2D eigenvalue weighted by Crippen LogP contribution is 2.24. The van der Waals surface area contributed by atoms with Gasteiger partial charge in [0, 0.05) is 26.2 Å². The van der Waals surface area contributed by atoms with E-state index in [1.807, 2.05) is 0 Å². The summed E-state index contributed by atoms with van der Waals surface area (Å²) >= 11 is 0. The fraction of sp³-hybridized carbons (Fsp3) is 0.778. The maximum Gasteiger partial charge on any atom is 0.248 e. The van der Waals surface area contributed by atoms with Crippen molar-refractivity contribution in [3.05, 3.63) is 11.5 Å². The summed E-state index contributed by atoms with van der Waals surface area (Å²) in [6, 6.07) is 0. The summed E-state index contributed by atoms with van der Waals surface area (Å²) < 4.78 is 32.2. The molecule has 3 rings (SSSR count). The summed E-state index contributed by atoms with van der Waals surface area (Å²) in [7, 11) is -3.64. The van der Waals surface area contributed by atoms with Crippen LogP contribution in [0.1, 0.15) is 43.6 Å². The Labute approximate surface area is 161 Å². The van der Waals surface area contributed by atoms with Gasteiger partial charge in [-0.2, -0.15) is 4.31 Å². The van der Waals surface area contributed by atoms with E-state index in [-0.39, 0.29) is 10.8 Å². The van der Waals surface area contributed by atoms with Crippen molar-refractivity contribution in [3.63, 3.8) is 0 Å². The van der Waals surface area contributed by atoms with Gasteiger partial charge < -0.3 is 9.42 Å². The number of aromatic nitrogens is 1. The van der Waals surface area contributed by atoms with Crippen LogP contribution in [0.25, 0.3) is 0 Å². The molecule has 9 heteroatoms. The number of hydrogen-bond acceptors (Lipinski definition) is 6. The van der Waals surface area contributed by atoms with E-state index in [0.29, 0.717) is 44.2 Å². The lowest BCUT2D eigenvalue weighted by Gasteiger charge is -2.35. The van der Waals surface area contributed by atoms with Crippen molar-refractivity contribution < 1.29 is 17.7 Å². The van der Waals surface area contributed by atoms with Crippen LogP contribution in [0, 0.1) is 13.8 Å². The summed E-state index contributed by atoms with van der Waals surface area (Å²) in [5, 5.41) is 3.75. The maximum absolute atomic E-state index is 12.9. The highest BCUT2D eigenvalue weighted by Gasteiger charge is 2.34. The van der Waals surface area contributed by atoms with E-state index in [4.69, 9.17) is 4.52 Å². The number of sulfonamides is 1. The third-order valence-electron chi connectivity index (χ3n) is 5.46. The van der Waals surface area contributed by atoms with E-state index in [1.165, 1.54) is 23.6 Å². The second-order valence-corrected chi connectivity index (χ2v) is 9.36. The summed E-state index contributed by atoms with van der Waals surface area (Å²) in [5.41, 5.74) is 0.378. The summed E-state index contributed by atoms with van der Waals surface area (Å²) in [5.74, 6) is 0.410. The molecule has 1 amide bonds. The Morgan fingerprint density at radius 1 is 0.963 bits per heavy atom. The van der Waals surface area contributed by atoms with Crippen molar-refractivity contribution in [3.8, 4) is 0 Å². The Bertz CT molecular complexity index is 726. The Morgan fingerprint density at radius 2 is 1.56 bits per heavy atom. The van der Waals surface area contributed by atoms with Gasteiger partial charge in [0.15, 0.2) is 5.76 Å². The third kappa shape index (κ3) is 4.70. The molecule has 2 aliphatic heterocycles.